The van der Waals surface area contributed by atoms with Crippen LogP contribution in [0.4, 0.5) is 11.4 Å². The zero-order chi connectivity index (χ0) is 17.4. The Hall–Kier alpha value is -2.49. The maximum absolute atomic E-state index is 6.21. The molecule has 4 rings (SSSR count). The molecule has 0 aliphatic carbocycles. The molecule has 0 aliphatic rings. The number of aromatic amines is 1. The Morgan fingerprint density at radius 3 is 2.52 bits per heavy atom. The van der Waals surface area contributed by atoms with Crippen molar-refractivity contribution < 1.29 is 0 Å². The number of benzene rings is 3. The van der Waals surface area contributed by atoms with Crippen molar-refractivity contribution in [2.24, 2.45) is 5.73 Å². The van der Waals surface area contributed by atoms with Gasteiger partial charge in [-0.25, -0.2) is 0 Å². The summed E-state index contributed by atoms with van der Waals surface area (Å²) in [7, 11) is 0. The number of nitrogens with two attached hydrogens (primary N) is 1. The molecule has 0 aliphatic heterocycles. The zero-order valence-corrected chi connectivity index (χ0v) is 14.8. The molecule has 0 saturated carbocycles. The van der Waals surface area contributed by atoms with E-state index >= 15 is 0 Å². The maximum Gasteiger partial charge on any atom is 0.0499 e. The van der Waals surface area contributed by atoms with Gasteiger partial charge in [-0.05, 0) is 67.9 Å². The van der Waals surface area contributed by atoms with Crippen molar-refractivity contribution in [3.8, 4) is 0 Å². The minimum absolute atomic E-state index is 0.610. The van der Waals surface area contributed by atoms with Crippen molar-refractivity contribution in [2.75, 3.05) is 11.9 Å². The van der Waals surface area contributed by atoms with Gasteiger partial charge in [0.2, 0.25) is 0 Å². The lowest BCUT2D eigenvalue weighted by Gasteiger charge is -2.10. The van der Waals surface area contributed by atoms with Crippen LogP contribution >= 0.6 is 11.6 Å². The molecule has 0 bridgehead atoms. The largest absolute Gasteiger partial charge is 0.355 e. The highest BCUT2D eigenvalue weighted by Crippen LogP contribution is 2.33. The fraction of sp³-hybridized carbons (Fsp3) is 0.143. The second-order valence-corrected chi connectivity index (χ2v) is 6.84. The van der Waals surface area contributed by atoms with Gasteiger partial charge < -0.3 is 16.0 Å². The lowest BCUT2D eigenvalue weighted by molar-refractivity contribution is 0.975. The van der Waals surface area contributed by atoms with Gasteiger partial charge in [0.1, 0.15) is 0 Å². The van der Waals surface area contributed by atoms with Gasteiger partial charge in [-0.1, -0.05) is 29.3 Å². The number of hydrogen-bond acceptors (Lipinski definition) is 2. The Bertz CT molecular complexity index is 1050. The fourth-order valence-electron chi connectivity index (χ4n) is 3.27. The standard InChI is InChI=1S/C21H20ClN3/c1-13-2-5-16(6-3-13)24-17-10-14(8-9-23)21-19(12-17)18-11-15(22)4-7-20(18)25-21/h2-7,10-12,24-25H,8-9,23H2,1H3. The van der Waals surface area contributed by atoms with Gasteiger partial charge >= 0.3 is 0 Å². The van der Waals surface area contributed by atoms with Crippen LogP contribution in [0.15, 0.2) is 54.6 Å². The molecule has 126 valence electrons. The molecule has 0 atom stereocenters. The van der Waals surface area contributed by atoms with Crippen LogP contribution in [0.2, 0.25) is 5.02 Å². The van der Waals surface area contributed by atoms with E-state index in [2.05, 4.69) is 53.6 Å². The van der Waals surface area contributed by atoms with Gasteiger partial charge in [-0.2, -0.15) is 0 Å². The number of nitrogens with one attached hydrogen (secondary N) is 2. The Morgan fingerprint density at radius 1 is 0.960 bits per heavy atom. The van der Waals surface area contributed by atoms with E-state index in [4.69, 9.17) is 17.3 Å². The summed E-state index contributed by atoms with van der Waals surface area (Å²) in [6.07, 6.45) is 0.820. The van der Waals surface area contributed by atoms with E-state index in [1.165, 1.54) is 11.1 Å². The van der Waals surface area contributed by atoms with E-state index in [9.17, 15) is 0 Å². The van der Waals surface area contributed by atoms with Crippen LogP contribution in [0, 0.1) is 6.92 Å². The molecule has 0 amide bonds. The first kappa shape index (κ1) is 16.0. The molecule has 0 unspecified atom stereocenters. The molecule has 1 aromatic heterocycles. The van der Waals surface area contributed by atoms with Crippen LogP contribution in [0.25, 0.3) is 21.8 Å². The Balaban J connectivity index is 1.87. The topological polar surface area (TPSA) is 53.8 Å². The van der Waals surface area contributed by atoms with Crippen LogP contribution < -0.4 is 11.1 Å². The second-order valence-electron chi connectivity index (χ2n) is 6.40. The van der Waals surface area contributed by atoms with Crippen molar-refractivity contribution in [1.82, 2.24) is 4.98 Å². The van der Waals surface area contributed by atoms with Crippen molar-refractivity contribution in [1.29, 1.82) is 0 Å². The number of anilines is 2. The number of fused-ring (bicyclic) bond motifs is 3. The Morgan fingerprint density at radius 2 is 1.76 bits per heavy atom. The van der Waals surface area contributed by atoms with Gasteiger partial charge in [-0.3, -0.25) is 0 Å². The third-order valence-electron chi connectivity index (χ3n) is 4.51. The molecule has 4 N–H and O–H groups in total. The predicted octanol–water partition coefficient (Wildman–Crippen LogP) is 5.53. The van der Waals surface area contributed by atoms with Crippen LogP contribution in [0.1, 0.15) is 11.1 Å². The van der Waals surface area contributed by atoms with Gasteiger partial charge in [0, 0.05) is 38.2 Å². The van der Waals surface area contributed by atoms with Crippen LogP contribution in [0.5, 0.6) is 0 Å². The van der Waals surface area contributed by atoms with Crippen molar-refractivity contribution in [3.05, 3.63) is 70.7 Å². The molecule has 0 spiro atoms. The maximum atomic E-state index is 6.21. The number of H-pyrrole nitrogens is 1. The summed E-state index contributed by atoms with van der Waals surface area (Å²) in [5, 5.41) is 6.54. The van der Waals surface area contributed by atoms with E-state index in [1.54, 1.807) is 0 Å². The summed E-state index contributed by atoms with van der Waals surface area (Å²) in [5.41, 5.74) is 12.6. The van der Waals surface area contributed by atoms with Crippen LogP contribution in [-0.2, 0) is 6.42 Å². The van der Waals surface area contributed by atoms with E-state index in [1.807, 2.05) is 18.2 Å². The lowest BCUT2D eigenvalue weighted by atomic mass is 10.0. The van der Waals surface area contributed by atoms with Gasteiger partial charge in [0.05, 0.1) is 0 Å². The molecule has 0 fully saturated rings. The number of aromatic nitrogens is 1. The first-order chi connectivity index (χ1) is 12.1. The van der Waals surface area contributed by atoms with Gasteiger partial charge in [0.25, 0.3) is 0 Å². The summed E-state index contributed by atoms with van der Waals surface area (Å²) < 4.78 is 0. The fourth-order valence-corrected chi connectivity index (χ4v) is 3.45. The van der Waals surface area contributed by atoms with Crippen molar-refractivity contribution in [2.45, 2.75) is 13.3 Å². The van der Waals surface area contributed by atoms with Crippen LogP contribution in [-0.4, -0.2) is 11.5 Å². The normalized spacial score (nSPS) is 11.3. The molecule has 25 heavy (non-hydrogen) atoms. The summed E-state index contributed by atoms with van der Waals surface area (Å²) in [6, 6.07) is 18.7. The van der Waals surface area contributed by atoms with Crippen LogP contribution in [0.3, 0.4) is 0 Å². The van der Waals surface area contributed by atoms with E-state index < -0.39 is 0 Å². The first-order valence-electron chi connectivity index (χ1n) is 8.41. The molecule has 3 aromatic carbocycles. The highest BCUT2D eigenvalue weighted by atomic mass is 35.5. The first-order valence-corrected chi connectivity index (χ1v) is 8.79. The average molecular weight is 350 g/mol. The molecular formula is C21H20ClN3. The van der Waals surface area contributed by atoms with E-state index in [-0.39, 0.29) is 0 Å². The Labute approximate surface area is 151 Å². The number of rotatable bonds is 4. The highest BCUT2D eigenvalue weighted by molar-refractivity contribution is 6.31. The third-order valence-corrected chi connectivity index (χ3v) is 4.74. The van der Waals surface area contributed by atoms with E-state index in [0.29, 0.717) is 6.54 Å². The summed E-state index contributed by atoms with van der Waals surface area (Å²) in [6.45, 7) is 2.70. The highest BCUT2D eigenvalue weighted by Gasteiger charge is 2.11. The second kappa shape index (κ2) is 6.43. The van der Waals surface area contributed by atoms with Crippen molar-refractivity contribution >= 4 is 44.8 Å². The molecular weight excluding hydrogens is 330 g/mol. The molecule has 0 radical (unpaired) electrons. The average Bonchev–Trinajstić information content (AvgIpc) is 2.96. The summed E-state index contributed by atoms with van der Waals surface area (Å²) >= 11 is 6.21. The Kier molecular flexibility index (Phi) is 4.12. The summed E-state index contributed by atoms with van der Waals surface area (Å²) in [4.78, 5) is 3.52. The minimum Gasteiger partial charge on any atom is -0.355 e. The zero-order valence-electron chi connectivity index (χ0n) is 14.1. The number of hydrogen-bond donors (Lipinski definition) is 3. The molecule has 4 aromatic rings. The minimum atomic E-state index is 0.610. The van der Waals surface area contributed by atoms with Gasteiger partial charge in [0.15, 0.2) is 0 Å². The quantitative estimate of drug-likeness (QED) is 0.454. The van der Waals surface area contributed by atoms with E-state index in [0.717, 1.165) is 44.6 Å². The van der Waals surface area contributed by atoms with Crippen molar-refractivity contribution in [3.63, 3.8) is 0 Å². The molecule has 4 heteroatoms. The molecule has 1 heterocycles. The number of aryl methyl sites for hydroxylation is 1. The summed E-state index contributed by atoms with van der Waals surface area (Å²) in [5.74, 6) is 0. The molecule has 0 saturated heterocycles. The smallest absolute Gasteiger partial charge is 0.0499 e. The monoisotopic (exact) mass is 349 g/mol. The third kappa shape index (κ3) is 3.09. The predicted molar refractivity (Wildman–Crippen MR) is 108 cm³/mol. The SMILES string of the molecule is Cc1ccc(Nc2cc(CCN)c3[nH]c4ccc(Cl)cc4c3c2)cc1. The lowest BCUT2D eigenvalue weighted by Crippen LogP contribution is -2.04. The van der Waals surface area contributed by atoms with Gasteiger partial charge in [-0.15, -0.1) is 0 Å². The molecule has 3 nitrogen and oxygen atoms in total. The number of halogens is 1.